The van der Waals surface area contributed by atoms with Crippen molar-refractivity contribution in [3.8, 4) is 0 Å². The summed E-state index contributed by atoms with van der Waals surface area (Å²) in [6.07, 6.45) is 3.01. The number of fused-ring (bicyclic) bond motifs is 1. The molecule has 0 amide bonds. The number of carbonyl (C=O) groups is 3. The smallest absolute Gasteiger partial charge is 0.326 e. The van der Waals surface area contributed by atoms with Crippen LogP contribution in [0.15, 0.2) is 34.3 Å². The van der Waals surface area contributed by atoms with E-state index in [0.29, 0.717) is 42.5 Å². The molecule has 1 aromatic heterocycles. The van der Waals surface area contributed by atoms with E-state index in [-0.39, 0.29) is 24.4 Å². The van der Waals surface area contributed by atoms with Crippen molar-refractivity contribution in [2.45, 2.75) is 46.0 Å². The minimum Gasteiger partial charge on any atom is -0.466 e. The maximum absolute atomic E-state index is 13.2. The zero-order valence-corrected chi connectivity index (χ0v) is 16.9. The van der Waals surface area contributed by atoms with Crippen LogP contribution in [0.2, 0.25) is 0 Å². The molecule has 1 heterocycles. The number of ether oxygens (including phenoxy) is 2. The number of benzene rings is 1. The fraction of sp³-hybridized carbons (Fsp3) is 0.455. The summed E-state index contributed by atoms with van der Waals surface area (Å²) in [7, 11) is 0. The van der Waals surface area contributed by atoms with Gasteiger partial charge >= 0.3 is 11.9 Å². The summed E-state index contributed by atoms with van der Waals surface area (Å²) in [5.74, 6) is -2.82. The van der Waals surface area contributed by atoms with Gasteiger partial charge in [0.25, 0.3) is 0 Å². The Hall–Kier alpha value is -2.96. The van der Waals surface area contributed by atoms with Crippen molar-refractivity contribution in [1.82, 2.24) is 4.98 Å². The number of carbonyl (C=O) groups excluding carboxylic acids is 3. The fourth-order valence-electron chi connectivity index (χ4n) is 3.49. The molecule has 0 spiro atoms. The van der Waals surface area contributed by atoms with Gasteiger partial charge < -0.3 is 13.9 Å². The highest BCUT2D eigenvalue weighted by atomic mass is 16.5. The van der Waals surface area contributed by atoms with Crippen LogP contribution in [0.4, 0.5) is 0 Å². The molecule has 1 aromatic carbocycles. The molecule has 0 saturated heterocycles. The van der Waals surface area contributed by atoms with Crippen LogP contribution in [0, 0.1) is 12.8 Å². The Bertz CT molecular complexity index is 957. The number of oxazole rings is 1. The molecule has 3 rings (SSSR count). The van der Waals surface area contributed by atoms with Gasteiger partial charge in [-0.15, -0.1) is 0 Å². The van der Waals surface area contributed by atoms with Crippen LogP contribution in [0.1, 0.15) is 50.5 Å². The van der Waals surface area contributed by atoms with E-state index in [1.807, 2.05) is 19.1 Å². The zero-order chi connectivity index (χ0) is 21.0. The second-order valence-corrected chi connectivity index (χ2v) is 6.98. The molecule has 7 nitrogen and oxygen atoms in total. The highest BCUT2D eigenvalue weighted by Gasteiger charge is 2.38. The van der Waals surface area contributed by atoms with E-state index in [2.05, 4.69) is 4.98 Å². The second-order valence-electron chi connectivity index (χ2n) is 6.98. The Morgan fingerprint density at radius 1 is 1.21 bits per heavy atom. The Kier molecular flexibility index (Phi) is 6.46. The van der Waals surface area contributed by atoms with Crippen LogP contribution in [0.5, 0.6) is 0 Å². The molecule has 7 heteroatoms. The number of aromatic nitrogens is 1. The van der Waals surface area contributed by atoms with E-state index in [1.165, 1.54) is 0 Å². The predicted molar refractivity (Wildman–Crippen MR) is 105 cm³/mol. The number of ketones is 1. The molecule has 0 bridgehead atoms. The number of nitrogens with zero attached hydrogens (tertiary/aromatic N) is 1. The summed E-state index contributed by atoms with van der Waals surface area (Å²) in [5, 5.41) is 0. The van der Waals surface area contributed by atoms with Gasteiger partial charge in [-0.3, -0.25) is 14.4 Å². The number of Topliss-reactive ketones (excluding diaryl/α,β-unsaturated/α-hetero) is 1. The first-order chi connectivity index (χ1) is 14.0. The Morgan fingerprint density at radius 3 is 2.59 bits per heavy atom. The molecule has 1 aliphatic carbocycles. The Labute approximate surface area is 169 Å². The third kappa shape index (κ3) is 4.39. The van der Waals surface area contributed by atoms with E-state index >= 15 is 0 Å². The molecule has 2 atom stereocenters. The van der Waals surface area contributed by atoms with E-state index in [0.717, 1.165) is 5.56 Å². The number of para-hydroxylation sites is 1. The summed E-state index contributed by atoms with van der Waals surface area (Å²) in [4.78, 5) is 42.1. The lowest BCUT2D eigenvalue weighted by Crippen LogP contribution is -2.28. The summed E-state index contributed by atoms with van der Waals surface area (Å²) < 4.78 is 15.9. The van der Waals surface area contributed by atoms with Crippen LogP contribution in [0.3, 0.4) is 0 Å². The van der Waals surface area contributed by atoms with Crippen molar-refractivity contribution in [2.24, 2.45) is 5.92 Å². The second kappa shape index (κ2) is 9.03. The molecule has 29 heavy (non-hydrogen) atoms. The largest absolute Gasteiger partial charge is 0.466 e. The van der Waals surface area contributed by atoms with Crippen molar-refractivity contribution >= 4 is 28.8 Å². The molecule has 2 aromatic rings. The van der Waals surface area contributed by atoms with Crippen LogP contribution in [-0.4, -0.2) is 35.9 Å². The number of esters is 2. The normalized spacial score (nSPS) is 17.5. The van der Waals surface area contributed by atoms with Gasteiger partial charge in [-0.25, -0.2) is 4.98 Å². The average molecular weight is 399 g/mol. The minimum atomic E-state index is -1.26. The number of hydrogen-bond acceptors (Lipinski definition) is 7. The third-order valence-corrected chi connectivity index (χ3v) is 5.02. The molecule has 1 aliphatic rings. The number of hydrogen-bond donors (Lipinski definition) is 0. The van der Waals surface area contributed by atoms with Gasteiger partial charge in [0.15, 0.2) is 17.3 Å². The van der Waals surface area contributed by atoms with Crippen LogP contribution in [0.25, 0.3) is 11.1 Å². The summed E-state index contributed by atoms with van der Waals surface area (Å²) in [6.45, 7) is 5.80. The van der Waals surface area contributed by atoms with Crippen LogP contribution >= 0.6 is 0 Å². The van der Waals surface area contributed by atoms with Gasteiger partial charge in [-0.2, -0.15) is 0 Å². The van der Waals surface area contributed by atoms with Crippen LogP contribution < -0.4 is 0 Å². The van der Waals surface area contributed by atoms with Gasteiger partial charge in [0, 0.05) is 0 Å². The molecular formula is C22H25NO6. The summed E-state index contributed by atoms with van der Waals surface area (Å²) in [5.41, 5.74) is 2.51. The topological polar surface area (TPSA) is 95.7 Å². The quantitative estimate of drug-likeness (QED) is 0.518. The number of allylic oxidation sites excluding steroid dienone is 2. The lowest BCUT2D eigenvalue weighted by molar-refractivity contribution is -0.149. The molecule has 0 aliphatic heterocycles. The van der Waals surface area contributed by atoms with E-state index < -0.39 is 17.7 Å². The highest BCUT2D eigenvalue weighted by molar-refractivity contribution is 6.12. The SMILES string of the molecule is CCOC(=O)C1CC=C(C(=O)C(C(=O)OCC)c2nc3c(C)cccc3o2)CC1. The fourth-order valence-corrected chi connectivity index (χ4v) is 3.49. The van der Waals surface area contributed by atoms with Crippen molar-refractivity contribution < 1.29 is 28.3 Å². The van der Waals surface area contributed by atoms with Crippen molar-refractivity contribution in [2.75, 3.05) is 13.2 Å². The predicted octanol–water partition coefficient (Wildman–Crippen LogP) is 3.64. The maximum Gasteiger partial charge on any atom is 0.326 e. The van der Waals surface area contributed by atoms with Gasteiger partial charge in [-0.05, 0) is 57.2 Å². The van der Waals surface area contributed by atoms with E-state index in [1.54, 1.807) is 26.0 Å². The van der Waals surface area contributed by atoms with E-state index in [4.69, 9.17) is 13.9 Å². The van der Waals surface area contributed by atoms with Crippen LogP contribution in [-0.2, 0) is 23.9 Å². The first kappa shape index (κ1) is 20.8. The number of aryl methyl sites for hydroxylation is 1. The van der Waals surface area contributed by atoms with Gasteiger partial charge in [0.05, 0.1) is 19.1 Å². The average Bonchev–Trinajstić information content (AvgIpc) is 3.13. The van der Waals surface area contributed by atoms with Crippen molar-refractivity contribution in [1.29, 1.82) is 0 Å². The Morgan fingerprint density at radius 2 is 1.97 bits per heavy atom. The monoisotopic (exact) mass is 399 g/mol. The lowest BCUT2D eigenvalue weighted by atomic mass is 9.84. The third-order valence-electron chi connectivity index (χ3n) is 5.02. The van der Waals surface area contributed by atoms with Crippen molar-refractivity contribution in [3.63, 3.8) is 0 Å². The first-order valence-electron chi connectivity index (χ1n) is 9.88. The van der Waals surface area contributed by atoms with E-state index in [9.17, 15) is 14.4 Å². The first-order valence-corrected chi connectivity index (χ1v) is 9.88. The van der Waals surface area contributed by atoms with Crippen molar-refractivity contribution in [3.05, 3.63) is 41.3 Å². The zero-order valence-electron chi connectivity index (χ0n) is 16.9. The van der Waals surface area contributed by atoms with Gasteiger partial charge in [0.1, 0.15) is 5.52 Å². The Balaban J connectivity index is 1.89. The molecule has 0 N–H and O–H groups in total. The molecule has 154 valence electrons. The number of rotatable bonds is 7. The lowest BCUT2D eigenvalue weighted by Gasteiger charge is -2.21. The maximum atomic E-state index is 13.2. The van der Waals surface area contributed by atoms with Gasteiger partial charge in [0.2, 0.25) is 5.89 Å². The highest BCUT2D eigenvalue weighted by Crippen LogP contribution is 2.32. The van der Waals surface area contributed by atoms with Gasteiger partial charge in [-0.1, -0.05) is 18.2 Å². The minimum absolute atomic E-state index is 0.0335. The summed E-state index contributed by atoms with van der Waals surface area (Å²) in [6, 6.07) is 5.46. The standard InChI is InChI=1S/C22H25NO6/c1-4-27-21(25)15-11-9-14(10-12-15)19(24)17(22(26)28-5-2)20-23-18-13(3)7-6-8-16(18)29-20/h6-9,15,17H,4-5,10-12H2,1-3H3. The molecule has 0 saturated carbocycles. The molecular weight excluding hydrogens is 374 g/mol. The molecule has 2 unspecified atom stereocenters. The molecule has 0 radical (unpaired) electrons. The molecule has 0 fully saturated rings. The summed E-state index contributed by atoms with van der Waals surface area (Å²) >= 11 is 0.